The monoisotopic (exact) mass is 249 g/mol. The molecule has 96 valence electrons. The van der Waals surface area contributed by atoms with Gasteiger partial charge in [0.15, 0.2) is 6.61 Å². The number of anilines is 1. The van der Waals surface area contributed by atoms with Gasteiger partial charge in [0.05, 0.1) is 5.56 Å². The normalized spacial score (nSPS) is 11.4. The molecule has 1 heterocycles. The van der Waals surface area contributed by atoms with Gasteiger partial charge in [0.2, 0.25) is 5.88 Å². The summed E-state index contributed by atoms with van der Waals surface area (Å²) >= 11 is 0. The molecular formula is C10H14F3N3O. The lowest BCUT2D eigenvalue weighted by atomic mass is 10.2. The van der Waals surface area contributed by atoms with Crippen molar-refractivity contribution in [2.75, 3.05) is 19.0 Å². The van der Waals surface area contributed by atoms with Crippen LogP contribution < -0.4 is 10.1 Å². The van der Waals surface area contributed by atoms with Gasteiger partial charge < -0.3 is 10.1 Å². The Bertz CT molecular complexity index is 368. The van der Waals surface area contributed by atoms with Crippen LogP contribution in [-0.4, -0.2) is 29.8 Å². The van der Waals surface area contributed by atoms with Crippen LogP contribution in [-0.2, 0) is 6.42 Å². The topological polar surface area (TPSA) is 47.0 Å². The zero-order chi connectivity index (χ0) is 12.9. The molecule has 1 N–H and O–H groups in total. The van der Waals surface area contributed by atoms with Crippen molar-refractivity contribution < 1.29 is 17.9 Å². The largest absolute Gasteiger partial charge is 0.468 e. The number of hydrogen-bond donors (Lipinski definition) is 1. The Morgan fingerprint density at radius 2 is 2.06 bits per heavy atom. The second kappa shape index (κ2) is 5.70. The average molecular weight is 249 g/mol. The number of halogens is 3. The summed E-state index contributed by atoms with van der Waals surface area (Å²) in [6.07, 6.45) is -1.86. The minimum absolute atomic E-state index is 0.0106. The summed E-state index contributed by atoms with van der Waals surface area (Å²) < 4.78 is 40.9. The maximum Gasteiger partial charge on any atom is 0.422 e. The number of rotatable bonds is 5. The van der Waals surface area contributed by atoms with Gasteiger partial charge in [0.25, 0.3) is 0 Å². The van der Waals surface area contributed by atoms with Gasteiger partial charge in [-0.2, -0.15) is 13.2 Å². The number of alkyl halides is 3. The molecule has 4 nitrogen and oxygen atoms in total. The average Bonchev–Trinajstić information content (AvgIpc) is 2.27. The summed E-state index contributed by atoms with van der Waals surface area (Å²) in [7, 11) is 1.65. The van der Waals surface area contributed by atoms with Crippen molar-refractivity contribution in [2.24, 2.45) is 0 Å². The van der Waals surface area contributed by atoms with Crippen molar-refractivity contribution in [3.63, 3.8) is 0 Å². The lowest BCUT2D eigenvalue weighted by Crippen LogP contribution is -2.20. The molecule has 0 radical (unpaired) electrons. The molecule has 0 saturated carbocycles. The summed E-state index contributed by atoms with van der Waals surface area (Å²) in [5.74, 6) is 0.488. The number of nitrogens with zero attached hydrogens (tertiary/aromatic N) is 2. The van der Waals surface area contributed by atoms with E-state index < -0.39 is 12.8 Å². The fraction of sp³-hybridized carbons (Fsp3) is 0.600. The third kappa shape index (κ3) is 4.08. The first-order chi connectivity index (χ1) is 7.98. The van der Waals surface area contributed by atoms with Crippen LogP contribution in [0.1, 0.15) is 18.9 Å². The predicted octanol–water partition coefficient (Wildman–Crippen LogP) is 2.41. The van der Waals surface area contributed by atoms with Crippen LogP contribution in [0.5, 0.6) is 5.88 Å². The van der Waals surface area contributed by atoms with Crippen LogP contribution in [0.15, 0.2) is 6.33 Å². The highest BCUT2D eigenvalue weighted by Gasteiger charge is 2.29. The van der Waals surface area contributed by atoms with Crippen LogP contribution in [0.3, 0.4) is 0 Å². The van der Waals surface area contributed by atoms with Crippen molar-refractivity contribution >= 4 is 5.82 Å². The van der Waals surface area contributed by atoms with Gasteiger partial charge in [-0.3, -0.25) is 0 Å². The van der Waals surface area contributed by atoms with Gasteiger partial charge in [-0.05, 0) is 6.42 Å². The zero-order valence-corrected chi connectivity index (χ0v) is 9.64. The van der Waals surface area contributed by atoms with Gasteiger partial charge in [-0.1, -0.05) is 13.3 Å². The molecule has 0 atom stereocenters. The third-order valence-corrected chi connectivity index (χ3v) is 2.02. The van der Waals surface area contributed by atoms with Gasteiger partial charge in [0, 0.05) is 7.05 Å². The zero-order valence-electron chi connectivity index (χ0n) is 9.64. The minimum Gasteiger partial charge on any atom is -0.468 e. The molecule has 0 spiro atoms. The Hall–Kier alpha value is -1.53. The summed E-state index contributed by atoms with van der Waals surface area (Å²) in [4.78, 5) is 7.67. The highest BCUT2D eigenvalue weighted by molar-refractivity contribution is 5.48. The van der Waals surface area contributed by atoms with E-state index in [-0.39, 0.29) is 5.88 Å². The molecular weight excluding hydrogens is 235 g/mol. The first-order valence-electron chi connectivity index (χ1n) is 5.19. The Morgan fingerprint density at radius 3 is 2.59 bits per heavy atom. The molecule has 0 aromatic carbocycles. The summed E-state index contributed by atoms with van der Waals surface area (Å²) in [5, 5.41) is 2.81. The molecule has 1 aromatic rings. The van der Waals surface area contributed by atoms with Gasteiger partial charge in [-0.15, -0.1) is 0 Å². The highest BCUT2D eigenvalue weighted by atomic mass is 19.4. The molecule has 1 aromatic heterocycles. The molecule has 0 unspecified atom stereocenters. The molecule has 1 rings (SSSR count). The Labute approximate surface area is 97.2 Å². The van der Waals surface area contributed by atoms with Gasteiger partial charge in [-0.25, -0.2) is 9.97 Å². The van der Waals surface area contributed by atoms with E-state index in [2.05, 4.69) is 20.0 Å². The Morgan fingerprint density at radius 1 is 1.35 bits per heavy atom. The van der Waals surface area contributed by atoms with Crippen molar-refractivity contribution in [2.45, 2.75) is 25.9 Å². The van der Waals surface area contributed by atoms with Crippen molar-refractivity contribution in [3.8, 4) is 5.88 Å². The number of ether oxygens (including phenoxy) is 1. The van der Waals surface area contributed by atoms with Crippen molar-refractivity contribution in [1.29, 1.82) is 0 Å². The standard InChI is InChI=1S/C10H14F3N3O/c1-3-4-7-8(14-2)15-6-16-9(7)17-5-10(11,12)13/h6H,3-5H2,1-2H3,(H,14,15,16). The fourth-order valence-electron chi connectivity index (χ4n) is 1.36. The maximum absolute atomic E-state index is 12.1. The smallest absolute Gasteiger partial charge is 0.422 e. The molecule has 0 saturated heterocycles. The predicted molar refractivity (Wildman–Crippen MR) is 57.1 cm³/mol. The minimum atomic E-state index is -4.37. The molecule has 0 aliphatic rings. The van der Waals surface area contributed by atoms with Crippen LogP contribution in [0, 0.1) is 0 Å². The Kier molecular flexibility index (Phi) is 4.53. The summed E-state index contributed by atoms with van der Waals surface area (Å²) in [6.45, 7) is 0.573. The summed E-state index contributed by atoms with van der Waals surface area (Å²) in [6, 6.07) is 0. The maximum atomic E-state index is 12.1. The van der Waals surface area contributed by atoms with E-state index in [9.17, 15) is 13.2 Å². The Balaban J connectivity index is 2.89. The van der Waals surface area contributed by atoms with E-state index in [1.807, 2.05) is 6.92 Å². The first-order valence-corrected chi connectivity index (χ1v) is 5.19. The van der Waals surface area contributed by atoms with E-state index in [0.29, 0.717) is 17.8 Å². The number of aromatic nitrogens is 2. The fourth-order valence-corrected chi connectivity index (χ4v) is 1.36. The van der Waals surface area contributed by atoms with Crippen LogP contribution in [0.2, 0.25) is 0 Å². The molecule has 7 heteroatoms. The molecule has 0 amide bonds. The van der Waals surface area contributed by atoms with Gasteiger partial charge >= 0.3 is 6.18 Å². The number of nitrogens with one attached hydrogen (secondary N) is 1. The molecule has 17 heavy (non-hydrogen) atoms. The highest BCUT2D eigenvalue weighted by Crippen LogP contribution is 2.25. The molecule has 0 aliphatic heterocycles. The van der Waals surface area contributed by atoms with E-state index >= 15 is 0 Å². The quantitative estimate of drug-likeness (QED) is 0.870. The van der Waals surface area contributed by atoms with Crippen LogP contribution in [0.4, 0.5) is 19.0 Å². The van der Waals surface area contributed by atoms with Crippen LogP contribution >= 0.6 is 0 Å². The van der Waals surface area contributed by atoms with Crippen LogP contribution in [0.25, 0.3) is 0 Å². The van der Waals surface area contributed by atoms with E-state index in [4.69, 9.17) is 0 Å². The second-order valence-electron chi connectivity index (χ2n) is 3.41. The molecule has 0 bridgehead atoms. The second-order valence-corrected chi connectivity index (χ2v) is 3.41. The molecule has 0 fully saturated rings. The van der Waals surface area contributed by atoms with Crippen molar-refractivity contribution in [1.82, 2.24) is 9.97 Å². The van der Waals surface area contributed by atoms with E-state index in [1.165, 1.54) is 6.33 Å². The third-order valence-electron chi connectivity index (χ3n) is 2.02. The molecule has 0 aliphatic carbocycles. The van der Waals surface area contributed by atoms with E-state index in [1.54, 1.807) is 7.05 Å². The first kappa shape index (κ1) is 13.5. The SMILES string of the molecule is CCCc1c(NC)ncnc1OCC(F)(F)F. The number of hydrogen-bond acceptors (Lipinski definition) is 4. The van der Waals surface area contributed by atoms with Crippen molar-refractivity contribution in [3.05, 3.63) is 11.9 Å². The van der Waals surface area contributed by atoms with E-state index in [0.717, 1.165) is 6.42 Å². The summed E-state index contributed by atoms with van der Waals surface area (Å²) in [5.41, 5.74) is 0.571. The lowest BCUT2D eigenvalue weighted by molar-refractivity contribution is -0.154. The van der Waals surface area contributed by atoms with Gasteiger partial charge in [0.1, 0.15) is 12.1 Å². The lowest BCUT2D eigenvalue weighted by Gasteiger charge is -2.13.